The molecule has 0 spiro atoms. The van der Waals surface area contributed by atoms with Crippen molar-refractivity contribution in [3.05, 3.63) is 96.3 Å². The first-order chi connectivity index (χ1) is 20.5. The summed E-state index contributed by atoms with van der Waals surface area (Å²) in [4.78, 5) is 11.2. The maximum atomic E-state index is 5.59. The third-order valence-electron chi connectivity index (χ3n) is 11.1. The van der Waals surface area contributed by atoms with Gasteiger partial charge in [0.2, 0.25) is 0 Å². The first-order valence-corrected chi connectivity index (χ1v) is 16.4. The fourth-order valence-corrected chi connectivity index (χ4v) is 8.11. The molecular weight excluding hydrogens is 508 g/mol. The van der Waals surface area contributed by atoms with Gasteiger partial charge in [0.05, 0.1) is 11.0 Å². The van der Waals surface area contributed by atoms with E-state index in [1.165, 1.54) is 82.9 Å². The lowest BCUT2D eigenvalue weighted by molar-refractivity contribution is 0.235. The van der Waals surface area contributed by atoms with Crippen LogP contribution in [0.4, 0.5) is 0 Å². The lowest BCUT2D eigenvalue weighted by atomic mass is 9.72. The van der Waals surface area contributed by atoms with Crippen molar-refractivity contribution in [1.29, 1.82) is 0 Å². The number of hydrogen-bond donors (Lipinski definition) is 0. The van der Waals surface area contributed by atoms with E-state index in [2.05, 4.69) is 113 Å². The monoisotopic (exact) mass is 552 g/mol. The highest BCUT2D eigenvalue weighted by Gasteiger charge is 2.32. The molecule has 7 rings (SSSR count). The van der Waals surface area contributed by atoms with E-state index in [0.717, 1.165) is 22.9 Å². The molecule has 6 unspecified atom stereocenters. The number of aromatic nitrogens is 2. The summed E-state index contributed by atoms with van der Waals surface area (Å²) < 4.78 is 0. The highest BCUT2D eigenvalue weighted by atomic mass is 14.8. The zero-order chi connectivity index (χ0) is 28.8. The van der Waals surface area contributed by atoms with Gasteiger partial charge in [0.25, 0.3) is 0 Å². The molecule has 0 aliphatic heterocycles. The van der Waals surface area contributed by atoms with Crippen LogP contribution < -0.4 is 0 Å². The molecule has 3 aromatic carbocycles. The van der Waals surface area contributed by atoms with Crippen molar-refractivity contribution < 1.29 is 0 Å². The Balaban J connectivity index is 1.54. The molecule has 2 heteroatoms. The molecule has 2 heterocycles. The van der Waals surface area contributed by atoms with Crippen LogP contribution in [0, 0.1) is 23.7 Å². The average Bonchev–Trinajstić information content (AvgIpc) is 3.03. The molecule has 2 aliphatic rings. The molecule has 0 radical (unpaired) electrons. The minimum atomic E-state index is 0.479. The highest BCUT2D eigenvalue weighted by Crippen LogP contribution is 2.45. The zero-order valence-corrected chi connectivity index (χ0v) is 25.7. The Morgan fingerprint density at radius 1 is 0.500 bits per heavy atom. The number of rotatable bonds is 4. The molecule has 0 amide bonds. The number of pyridine rings is 2. The predicted molar refractivity (Wildman–Crippen MR) is 178 cm³/mol. The molecule has 2 saturated carbocycles. The van der Waals surface area contributed by atoms with E-state index in [1.807, 2.05) is 0 Å². The second kappa shape index (κ2) is 11.3. The van der Waals surface area contributed by atoms with E-state index in [9.17, 15) is 0 Å². The molecule has 0 N–H and O–H groups in total. The van der Waals surface area contributed by atoms with Crippen LogP contribution in [0.1, 0.15) is 89.4 Å². The van der Waals surface area contributed by atoms with E-state index in [1.54, 1.807) is 0 Å². The van der Waals surface area contributed by atoms with Gasteiger partial charge in [-0.1, -0.05) is 126 Å². The summed E-state index contributed by atoms with van der Waals surface area (Å²) >= 11 is 0. The van der Waals surface area contributed by atoms with Gasteiger partial charge in [-0.25, -0.2) is 0 Å². The lowest BCUT2D eigenvalue weighted by Crippen LogP contribution is -2.23. The molecular formula is C40H44N2. The summed E-state index contributed by atoms with van der Waals surface area (Å²) in [5.41, 5.74) is 9.75. The zero-order valence-electron chi connectivity index (χ0n) is 25.7. The van der Waals surface area contributed by atoms with Crippen molar-refractivity contribution in [2.24, 2.45) is 23.7 Å². The van der Waals surface area contributed by atoms with Crippen molar-refractivity contribution in [3.8, 4) is 22.3 Å². The summed E-state index contributed by atoms with van der Waals surface area (Å²) in [6.07, 6.45) is 7.64. The number of benzene rings is 3. The van der Waals surface area contributed by atoms with Crippen LogP contribution in [0.3, 0.4) is 0 Å². The van der Waals surface area contributed by atoms with E-state index in [4.69, 9.17) is 9.97 Å². The van der Waals surface area contributed by atoms with Crippen LogP contribution in [0.2, 0.25) is 0 Å². The van der Waals surface area contributed by atoms with E-state index in [-0.39, 0.29) is 0 Å². The molecule has 2 aromatic heterocycles. The van der Waals surface area contributed by atoms with E-state index >= 15 is 0 Å². The average molecular weight is 553 g/mol. The SMILES string of the molecule is CC1CCCC(c2cc(-c3ccccc3)c3ccc4c(-c5ccccc5)cc(C5CCCC(C)C5C)nc4c3n2)C1C. The molecule has 0 bridgehead atoms. The predicted octanol–water partition coefficient (Wildman–Crippen LogP) is 11.2. The van der Waals surface area contributed by atoms with Crippen LogP contribution in [0.25, 0.3) is 44.1 Å². The van der Waals surface area contributed by atoms with Crippen molar-refractivity contribution in [2.75, 3.05) is 0 Å². The third-order valence-corrected chi connectivity index (χ3v) is 11.1. The largest absolute Gasteiger partial charge is 0.250 e. The van der Waals surface area contributed by atoms with E-state index in [0.29, 0.717) is 23.7 Å². The summed E-state index contributed by atoms with van der Waals surface area (Å²) in [5.74, 6) is 3.64. The second-order valence-corrected chi connectivity index (χ2v) is 13.5. The number of fused-ring (bicyclic) bond motifs is 3. The highest BCUT2D eigenvalue weighted by molar-refractivity contribution is 6.12. The first kappa shape index (κ1) is 27.3. The van der Waals surface area contributed by atoms with Gasteiger partial charge < -0.3 is 0 Å². The van der Waals surface area contributed by atoms with Crippen LogP contribution in [-0.2, 0) is 0 Å². The molecule has 2 aliphatic carbocycles. The van der Waals surface area contributed by atoms with Gasteiger partial charge in [-0.15, -0.1) is 0 Å². The molecule has 0 saturated heterocycles. The molecule has 5 aromatic rings. The van der Waals surface area contributed by atoms with Gasteiger partial charge in [-0.05, 0) is 70.9 Å². The van der Waals surface area contributed by atoms with Gasteiger partial charge >= 0.3 is 0 Å². The van der Waals surface area contributed by atoms with Gasteiger partial charge in [0.1, 0.15) is 0 Å². The minimum absolute atomic E-state index is 0.479. The molecule has 214 valence electrons. The fraction of sp³-hybridized carbons (Fsp3) is 0.400. The Bertz CT molecular complexity index is 1580. The van der Waals surface area contributed by atoms with Crippen molar-refractivity contribution in [1.82, 2.24) is 9.97 Å². The minimum Gasteiger partial charge on any atom is -0.250 e. The van der Waals surface area contributed by atoms with Crippen molar-refractivity contribution in [3.63, 3.8) is 0 Å². The molecule has 6 atom stereocenters. The van der Waals surface area contributed by atoms with Crippen LogP contribution in [0.15, 0.2) is 84.9 Å². The van der Waals surface area contributed by atoms with Gasteiger partial charge in [-0.2, -0.15) is 0 Å². The Hall–Kier alpha value is -3.52. The van der Waals surface area contributed by atoms with Gasteiger partial charge in [0.15, 0.2) is 0 Å². The number of nitrogens with zero attached hydrogens (tertiary/aromatic N) is 2. The smallest absolute Gasteiger partial charge is 0.0974 e. The van der Waals surface area contributed by atoms with Crippen molar-refractivity contribution >= 4 is 21.8 Å². The quantitative estimate of drug-likeness (QED) is 0.207. The Labute approximate surface area is 251 Å². The topological polar surface area (TPSA) is 25.8 Å². The maximum Gasteiger partial charge on any atom is 0.0974 e. The summed E-state index contributed by atoms with van der Waals surface area (Å²) in [6, 6.07) is 31.3. The van der Waals surface area contributed by atoms with Gasteiger partial charge in [-0.3, -0.25) is 9.97 Å². The number of hydrogen-bond acceptors (Lipinski definition) is 2. The van der Waals surface area contributed by atoms with Crippen LogP contribution in [-0.4, -0.2) is 9.97 Å². The Morgan fingerprint density at radius 2 is 0.905 bits per heavy atom. The van der Waals surface area contributed by atoms with Crippen LogP contribution in [0.5, 0.6) is 0 Å². The normalized spacial score (nSPS) is 26.5. The Morgan fingerprint density at radius 3 is 1.31 bits per heavy atom. The summed E-state index contributed by atoms with van der Waals surface area (Å²) in [7, 11) is 0. The van der Waals surface area contributed by atoms with Gasteiger partial charge in [0, 0.05) is 34.0 Å². The maximum absolute atomic E-state index is 5.59. The fourth-order valence-electron chi connectivity index (χ4n) is 8.11. The molecule has 42 heavy (non-hydrogen) atoms. The van der Waals surface area contributed by atoms with Crippen LogP contribution >= 0.6 is 0 Å². The second-order valence-electron chi connectivity index (χ2n) is 13.5. The summed E-state index contributed by atoms with van der Waals surface area (Å²) in [5, 5.41) is 2.42. The molecule has 2 nitrogen and oxygen atoms in total. The Kier molecular flexibility index (Phi) is 7.34. The first-order valence-electron chi connectivity index (χ1n) is 16.4. The lowest BCUT2D eigenvalue weighted by Gasteiger charge is -2.34. The summed E-state index contributed by atoms with van der Waals surface area (Å²) in [6.45, 7) is 9.75. The standard InChI is InChI=1S/C40H44N2/c1-25-13-11-19-31(27(25)3)37-23-35(29-15-7-5-8-16-29)33-21-22-34-36(30-17-9-6-10-18-30)24-38(42-40(34)39(33)41-37)32-20-12-14-26(2)28(32)4/h5-10,15-18,21-28,31-32H,11-14,19-20H2,1-4H3. The molecule has 2 fully saturated rings. The third kappa shape index (κ3) is 4.83. The van der Waals surface area contributed by atoms with Crippen molar-refractivity contribution in [2.45, 2.75) is 78.1 Å². The van der Waals surface area contributed by atoms with E-state index < -0.39 is 0 Å².